The zero-order valence-electron chi connectivity index (χ0n) is 19.3. The number of ether oxygens (including phenoxy) is 2. The molecule has 2 aliphatic rings. The van der Waals surface area contributed by atoms with Crippen molar-refractivity contribution >= 4 is 16.1 Å². The molecule has 0 aromatic heterocycles. The second kappa shape index (κ2) is 11.9. The first-order chi connectivity index (χ1) is 15.5. The first-order valence-electron chi connectivity index (χ1n) is 11.9. The van der Waals surface area contributed by atoms with Crippen LogP contribution in [-0.2, 0) is 21.4 Å². The average molecular weight is 468 g/mol. The summed E-state index contributed by atoms with van der Waals surface area (Å²) >= 11 is 0. The van der Waals surface area contributed by atoms with Gasteiger partial charge in [0.1, 0.15) is 0 Å². The summed E-state index contributed by atoms with van der Waals surface area (Å²) in [6, 6.07) is 5.83. The smallest absolute Gasteiger partial charge is 0.281 e. The molecule has 32 heavy (non-hydrogen) atoms. The van der Waals surface area contributed by atoms with Crippen LogP contribution in [-0.4, -0.2) is 68.9 Å². The van der Waals surface area contributed by atoms with E-state index < -0.39 is 10.2 Å². The number of nitrogens with one attached hydrogen (secondary N) is 1. The topological polar surface area (TPSA) is 88.2 Å². The number of nitrogens with zero attached hydrogens (tertiary/aromatic N) is 2. The van der Waals surface area contributed by atoms with Gasteiger partial charge in [-0.25, -0.2) is 0 Å². The maximum Gasteiger partial charge on any atom is 0.281 e. The molecule has 0 radical (unpaired) electrons. The lowest BCUT2D eigenvalue weighted by atomic mass is 9.99. The fraction of sp³-hybridized carbons (Fsp3) is 0.696. The monoisotopic (exact) mass is 467 g/mol. The molecule has 0 bridgehead atoms. The molecule has 1 aromatic rings. The summed E-state index contributed by atoms with van der Waals surface area (Å²) in [6.45, 7) is 7.42. The van der Waals surface area contributed by atoms with Gasteiger partial charge in [-0.05, 0) is 63.6 Å². The van der Waals surface area contributed by atoms with Crippen LogP contribution in [0.1, 0.15) is 51.5 Å². The van der Waals surface area contributed by atoms with E-state index in [1.54, 1.807) is 4.31 Å². The third kappa shape index (κ3) is 6.36. The number of rotatable bonds is 10. The molecule has 3 rings (SSSR count). The van der Waals surface area contributed by atoms with Crippen molar-refractivity contribution < 1.29 is 22.7 Å². The summed E-state index contributed by atoms with van der Waals surface area (Å²) in [5, 5.41) is 3.00. The Balaban J connectivity index is 1.52. The first-order valence-corrected chi connectivity index (χ1v) is 13.3. The number of piperidine rings is 2. The van der Waals surface area contributed by atoms with Crippen LogP contribution in [0.25, 0.3) is 0 Å². The molecule has 8 nitrogen and oxygen atoms in total. The van der Waals surface area contributed by atoms with E-state index in [4.69, 9.17) is 9.47 Å². The van der Waals surface area contributed by atoms with E-state index in [0.29, 0.717) is 58.0 Å². The van der Waals surface area contributed by atoms with Gasteiger partial charge in [-0.2, -0.15) is 17.0 Å². The second-order valence-electron chi connectivity index (χ2n) is 8.35. The van der Waals surface area contributed by atoms with Gasteiger partial charge in [-0.1, -0.05) is 12.5 Å². The maximum atomic E-state index is 13.0. The van der Waals surface area contributed by atoms with Crippen LogP contribution < -0.4 is 14.8 Å². The predicted octanol–water partition coefficient (Wildman–Crippen LogP) is 2.59. The quantitative estimate of drug-likeness (QED) is 0.571. The normalized spacial score (nSPS) is 20.6. The van der Waals surface area contributed by atoms with E-state index in [0.717, 1.165) is 37.0 Å². The second-order valence-corrected chi connectivity index (χ2v) is 10.3. The minimum absolute atomic E-state index is 0.0699. The SMILES string of the molecule is CCOc1ccc(CCNC(=O)[C@@H]2CCCN(S(=O)(=O)N3CCCCC3)C2)cc1OCC. The first kappa shape index (κ1) is 24.8. The number of benzene rings is 1. The highest BCUT2D eigenvalue weighted by Crippen LogP contribution is 2.29. The van der Waals surface area contributed by atoms with Gasteiger partial charge in [0.05, 0.1) is 19.1 Å². The van der Waals surface area contributed by atoms with Gasteiger partial charge in [-0.3, -0.25) is 4.79 Å². The molecule has 2 fully saturated rings. The van der Waals surface area contributed by atoms with Crippen molar-refractivity contribution in [1.29, 1.82) is 0 Å². The third-order valence-corrected chi connectivity index (χ3v) is 8.05. The zero-order valence-corrected chi connectivity index (χ0v) is 20.2. The van der Waals surface area contributed by atoms with E-state index in [2.05, 4.69) is 5.32 Å². The van der Waals surface area contributed by atoms with Crippen molar-refractivity contribution in [3.8, 4) is 11.5 Å². The molecule has 0 saturated carbocycles. The van der Waals surface area contributed by atoms with Crippen molar-refractivity contribution in [3.63, 3.8) is 0 Å². The highest BCUT2D eigenvalue weighted by molar-refractivity contribution is 7.86. The fourth-order valence-corrected chi connectivity index (χ4v) is 6.12. The molecule has 0 aliphatic carbocycles. The number of carbonyl (C=O) groups is 1. The molecule has 1 amide bonds. The predicted molar refractivity (Wildman–Crippen MR) is 124 cm³/mol. The molecule has 2 saturated heterocycles. The Kier molecular flexibility index (Phi) is 9.19. The maximum absolute atomic E-state index is 13.0. The lowest BCUT2D eigenvalue weighted by Crippen LogP contribution is -2.51. The van der Waals surface area contributed by atoms with Gasteiger partial charge in [0.25, 0.3) is 10.2 Å². The highest BCUT2D eigenvalue weighted by atomic mass is 32.2. The molecule has 180 valence electrons. The van der Waals surface area contributed by atoms with Crippen LogP contribution >= 0.6 is 0 Å². The van der Waals surface area contributed by atoms with Gasteiger partial charge in [0, 0.05) is 32.7 Å². The number of amides is 1. The van der Waals surface area contributed by atoms with Crippen molar-refractivity contribution in [1.82, 2.24) is 13.9 Å². The molecule has 0 unspecified atom stereocenters. The van der Waals surface area contributed by atoms with Crippen molar-refractivity contribution in [2.24, 2.45) is 5.92 Å². The molecular weight excluding hydrogens is 430 g/mol. The Morgan fingerprint density at radius 1 is 1.00 bits per heavy atom. The summed E-state index contributed by atoms with van der Waals surface area (Å²) in [5.74, 6) is 1.06. The molecule has 2 heterocycles. The van der Waals surface area contributed by atoms with E-state index >= 15 is 0 Å². The summed E-state index contributed by atoms with van der Waals surface area (Å²) in [5.41, 5.74) is 1.05. The molecular formula is C23H37N3O5S. The van der Waals surface area contributed by atoms with Gasteiger partial charge in [-0.15, -0.1) is 0 Å². The number of hydrogen-bond donors (Lipinski definition) is 1. The highest BCUT2D eigenvalue weighted by Gasteiger charge is 2.36. The van der Waals surface area contributed by atoms with E-state index in [-0.39, 0.29) is 18.4 Å². The Labute approximate surface area is 192 Å². The van der Waals surface area contributed by atoms with Gasteiger partial charge < -0.3 is 14.8 Å². The van der Waals surface area contributed by atoms with E-state index in [1.165, 1.54) is 4.31 Å². The molecule has 1 atom stereocenters. The van der Waals surface area contributed by atoms with Crippen LogP contribution in [0.5, 0.6) is 11.5 Å². The minimum atomic E-state index is -3.47. The Bertz CT molecular complexity index is 855. The molecule has 1 aromatic carbocycles. The largest absolute Gasteiger partial charge is 0.490 e. The van der Waals surface area contributed by atoms with Crippen LogP contribution in [0.2, 0.25) is 0 Å². The Hall–Kier alpha value is -1.84. The molecule has 9 heteroatoms. The zero-order chi connectivity index (χ0) is 23.0. The summed E-state index contributed by atoms with van der Waals surface area (Å²) in [4.78, 5) is 12.8. The van der Waals surface area contributed by atoms with E-state index in [9.17, 15) is 13.2 Å². The van der Waals surface area contributed by atoms with E-state index in [1.807, 2.05) is 32.0 Å². The van der Waals surface area contributed by atoms with Crippen molar-refractivity contribution in [3.05, 3.63) is 23.8 Å². The van der Waals surface area contributed by atoms with Crippen molar-refractivity contribution in [2.75, 3.05) is 45.9 Å². The average Bonchev–Trinajstić information content (AvgIpc) is 2.81. The number of hydrogen-bond acceptors (Lipinski definition) is 5. The summed E-state index contributed by atoms with van der Waals surface area (Å²) in [6.07, 6.45) is 5.00. The van der Waals surface area contributed by atoms with Crippen molar-refractivity contribution in [2.45, 2.75) is 52.4 Å². The number of carbonyl (C=O) groups excluding carboxylic acids is 1. The Morgan fingerprint density at radius 3 is 2.41 bits per heavy atom. The van der Waals surface area contributed by atoms with Gasteiger partial charge in [0.2, 0.25) is 5.91 Å². The summed E-state index contributed by atoms with van der Waals surface area (Å²) in [7, 11) is -3.47. The third-order valence-electron chi connectivity index (χ3n) is 6.04. The Morgan fingerprint density at radius 2 is 1.69 bits per heavy atom. The fourth-order valence-electron chi connectivity index (χ4n) is 4.35. The molecule has 0 spiro atoms. The lowest BCUT2D eigenvalue weighted by Gasteiger charge is -2.36. The van der Waals surface area contributed by atoms with Gasteiger partial charge in [0.15, 0.2) is 11.5 Å². The lowest BCUT2D eigenvalue weighted by molar-refractivity contribution is -0.126. The minimum Gasteiger partial charge on any atom is -0.490 e. The molecule has 2 aliphatic heterocycles. The van der Waals surface area contributed by atoms with Crippen LogP contribution in [0, 0.1) is 5.92 Å². The van der Waals surface area contributed by atoms with Crippen LogP contribution in [0.3, 0.4) is 0 Å². The van der Waals surface area contributed by atoms with Crippen LogP contribution in [0.15, 0.2) is 18.2 Å². The standard InChI is InChI=1S/C23H37N3O5S/c1-3-30-21-11-10-19(17-22(21)31-4-2)12-13-24-23(27)20-9-8-16-26(18-20)32(28,29)25-14-6-5-7-15-25/h10-11,17,20H,3-9,12-16,18H2,1-2H3,(H,24,27)/t20-/m1/s1. The van der Waals surface area contributed by atoms with Gasteiger partial charge >= 0.3 is 0 Å². The summed E-state index contributed by atoms with van der Waals surface area (Å²) < 4.78 is 40.3. The molecule has 1 N–H and O–H groups in total. The van der Waals surface area contributed by atoms with Crippen LogP contribution in [0.4, 0.5) is 0 Å².